The summed E-state index contributed by atoms with van der Waals surface area (Å²) in [5.74, 6) is 0.173. The monoisotopic (exact) mass is 379 g/mol. The van der Waals surface area contributed by atoms with Crippen LogP contribution in [0.25, 0.3) is 0 Å². The maximum absolute atomic E-state index is 13.7. The molecule has 0 aromatic heterocycles. The van der Waals surface area contributed by atoms with Crippen molar-refractivity contribution in [3.8, 4) is 6.07 Å². The summed E-state index contributed by atoms with van der Waals surface area (Å²) in [6.07, 6.45) is 0.822. The topological polar surface area (TPSA) is 47.3 Å². The number of hydrogen-bond donors (Lipinski definition) is 0. The highest BCUT2D eigenvalue weighted by atomic mass is 16.2. The van der Waals surface area contributed by atoms with Gasteiger partial charge in [0.2, 0.25) is 5.91 Å². The average molecular weight is 379 g/mol. The molecule has 1 fully saturated rings. The minimum Gasteiger partial charge on any atom is -0.298 e. The molecule has 0 N–H and O–H groups in total. The van der Waals surface area contributed by atoms with Gasteiger partial charge in [-0.15, -0.1) is 0 Å². The molecule has 0 bridgehead atoms. The molecule has 4 nitrogen and oxygen atoms in total. The van der Waals surface area contributed by atoms with Crippen LogP contribution >= 0.6 is 0 Å². The summed E-state index contributed by atoms with van der Waals surface area (Å²) < 4.78 is 0. The zero-order chi connectivity index (χ0) is 19.8. The van der Waals surface area contributed by atoms with Crippen molar-refractivity contribution in [1.82, 2.24) is 4.90 Å². The van der Waals surface area contributed by atoms with Gasteiger partial charge in [-0.05, 0) is 54.4 Å². The molecule has 0 radical (unpaired) electrons. The van der Waals surface area contributed by atoms with Gasteiger partial charge in [-0.3, -0.25) is 14.6 Å². The van der Waals surface area contributed by atoms with E-state index in [2.05, 4.69) is 23.1 Å². The van der Waals surface area contributed by atoms with E-state index in [4.69, 9.17) is 5.26 Å². The van der Waals surface area contributed by atoms with Gasteiger partial charge in [0.1, 0.15) is 0 Å². The summed E-state index contributed by atoms with van der Waals surface area (Å²) in [6, 6.07) is 28.0. The third-order valence-corrected chi connectivity index (χ3v) is 6.12. The number of likely N-dealkylation sites (tertiary alicyclic amines) is 1. The summed E-state index contributed by atoms with van der Waals surface area (Å²) in [6.45, 7) is 2.38. The molecule has 0 aliphatic carbocycles. The maximum Gasteiger partial charge on any atom is 0.243 e. The Balaban J connectivity index is 1.46. The summed E-state index contributed by atoms with van der Waals surface area (Å²) in [7, 11) is 0. The molecule has 142 valence electrons. The number of nitrogens with zero attached hydrogens (tertiary/aromatic N) is 3. The van der Waals surface area contributed by atoms with E-state index in [-0.39, 0.29) is 5.91 Å². The number of fused-ring (bicyclic) bond motifs is 2. The number of para-hydroxylation sites is 2. The van der Waals surface area contributed by atoms with Crippen molar-refractivity contribution in [3.05, 3.63) is 95.6 Å². The van der Waals surface area contributed by atoms with Crippen LogP contribution in [0.15, 0.2) is 78.9 Å². The van der Waals surface area contributed by atoms with Crippen molar-refractivity contribution < 1.29 is 4.79 Å². The van der Waals surface area contributed by atoms with Gasteiger partial charge in [0.05, 0.1) is 22.7 Å². The predicted molar refractivity (Wildman–Crippen MR) is 113 cm³/mol. The van der Waals surface area contributed by atoms with Crippen LogP contribution in [-0.4, -0.2) is 23.9 Å². The third kappa shape index (κ3) is 2.83. The summed E-state index contributed by atoms with van der Waals surface area (Å²) in [4.78, 5) is 18.0. The minimum atomic E-state index is -0.487. The summed E-state index contributed by atoms with van der Waals surface area (Å²) in [5.41, 5.74) is 4.41. The van der Waals surface area contributed by atoms with Gasteiger partial charge in [0.15, 0.2) is 0 Å². The van der Waals surface area contributed by atoms with Crippen LogP contribution in [0.4, 0.5) is 11.4 Å². The van der Waals surface area contributed by atoms with E-state index < -0.39 is 5.41 Å². The van der Waals surface area contributed by atoms with Gasteiger partial charge >= 0.3 is 0 Å². The van der Waals surface area contributed by atoms with Crippen LogP contribution in [-0.2, 0) is 16.8 Å². The van der Waals surface area contributed by atoms with Crippen molar-refractivity contribution in [2.75, 3.05) is 18.0 Å². The highest BCUT2D eigenvalue weighted by Crippen LogP contribution is 2.50. The van der Waals surface area contributed by atoms with Gasteiger partial charge in [0.25, 0.3) is 0 Å². The Bertz CT molecular complexity index is 1100. The molecule has 0 saturated carbocycles. The van der Waals surface area contributed by atoms with Gasteiger partial charge < -0.3 is 0 Å². The first-order valence-electron chi connectivity index (χ1n) is 9.92. The maximum atomic E-state index is 13.7. The van der Waals surface area contributed by atoms with Crippen molar-refractivity contribution >= 4 is 17.3 Å². The second kappa shape index (κ2) is 6.88. The molecule has 2 aliphatic heterocycles. The predicted octanol–water partition coefficient (Wildman–Crippen LogP) is 4.38. The molecule has 1 atom stereocenters. The Morgan fingerprint density at radius 3 is 2.41 bits per heavy atom. The second-order valence-electron chi connectivity index (χ2n) is 7.84. The molecule has 1 unspecified atom stereocenters. The van der Waals surface area contributed by atoms with Crippen LogP contribution in [0.5, 0.6) is 0 Å². The number of nitriles is 1. The van der Waals surface area contributed by atoms with E-state index in [1.54, 1.807) is 0 Å². The van der Waals surface area contributed by atoms with E-state index in [1.165, 1.54) is 5.56 Å². The average Bonchev–Trinajstić information content (AvgIpc) is 3.30. The highest BCUT2D eigenvalue weighted by Gasteiger charge is 2.54. The smallest absolute Gasteiger partial charge is 0.243 e. The molecule has 5 rings (SSSR count). The van der Waals surface area contributed by atoms with E-state index in [9.17, 15) is 4.79 Å². The van der Waals surface area contributed by atoms with Gasteiger partial charge in [-0.1, -0.05) is 48.5 Å². The molecular formula is C25H21N3O. The van der Waals surface area contributed by atoms with Crippen molar-refractivity contribution in [2.24, 2.45) is 0 Å². The molecule has 29 heavy (non-hydrogen) atoms. The van der Waals surface area contributed by atoms with Crippen LogP contribution < -0.4 is 4.90 Å². The van der Waals surface area contributed by atoms with Crippen LogP contribution in [0.2, 0.25) is 0 Å². The zero-order valence-corrected chi connectivity index (χ0v) is 16.1. The van der Waals surface area contributed by atoms with E-state index in [0.29, 0.717) is 12.1 Å². The lowest BCUT2D eigenvalue weighted by molar-refractivity contribution is -0.122. The number of amides is 1. The Labute approximate surface area is 170 Å². The lowest BCUT2D eigenvalue weighted by Crippen LogP contribution is -2.40. The normalized spacial score (nSPS) is 20.8. The number of anilines is 2. The molecule has 1 spiro atoms. The Morgan fingerprint density at radius 1 is 0.931 bits per heavy atom. The van der Waals surface area contributed by atoms with Crippen LogP contribution in [0.1, 0.15) is 23.1 Å². The number of hydrogen-bond acceptors (Lipinski definition) is 3. The standard InChI is InChI=1S/C25H21N3O/c26-16-19-10-12-20(13-11-19)17-27-15-14-25(18-27)22-8-4-5-9-23(22)28(24(25)29)21-6-2-1-3-7-21/h1-13H,14-15,17-18H2. The Morgan fingerprint density at radius 2 is 1.66 bits per heavy atom. The van der Waals surface area contributed by atoms with Gasteiger partial charge in [-0.25, -0.2) is 0 Å². The van der Waals surface area contributed by atoms with Crippen molar-refractivity contribution in [2.45, 2.75) is 18.4 Å². The van der Waals surface area contributed by atoms with E-state index in [0.717, 1.165) is 36.4 Å². The van der Waals surface area contributed by atoms with E-state index in [1.807, 2.05) is 71.6 Å². The molecule has 2 aliphatic rings. The van der Waals surface area contributed by atoms with Crippen molar-refractivity contribution in [3.63, 3.8) is 0 Å². The lowest BCUT2D eigenvalue weighted by Gasteiger charge is -2.25. The highest BCUT2D eigenvalue weighted by molar-refractivity contribution is 6.13. The SMILES string of the molecule is N#Cc1ccc(CN2CCC3(C2)C(=O)N(c2ccccc2)c2ccccc23)cc1. The summed E-state index contributed by atoms with van der Waals surface area (Å²) in [5, 5.41) is 8.99. The number of carbonyl (C=O) groups excluding carboxylic acids is 1. The molecule has 1 amide bonds. The number of benzene rings is 3. The lowest BCUT2D eigenvalue weighted by atomic mass is 9.81. The Kier molecular flexibility index (Phi) is 4.19. The fourth-order valence-electron chi connectivity index (χ4n) is 4.71. The first-order valence-corrected chi connectivity index (χ1v) is 9.92. The fraction of sp³-hybridized carbons (Fsp3) is 0.200. The van der Waals surface area contributed by atoms with Crippen LogP contribution in [0.3, 0.4) is 0 Å². The number of carbonyl (C=O) groups is 1. The second-order valence-corrected chi connectivity index (χ2v) is 7.84. The largest absolute Gasteiger partial charge is 0.298 e. The first kappa shape index (κ1) is 17.7. The van der Waals surface area contributed by atoms with Gasteiger partial charge in [0, 0.05) is 18.8 Å². The molecule has 2 heterocycles. The van der Waals surface area contributed by atoms with Crippen molar-refractivity contribution in [1.29, 1.82) is 5.26 Å². The van der Waals surface area contributed by atoms with Crippen LogP contribution in [0, 0.1) is 11.3 Å². The minimum absolute atomic E-state index is 0.173. The van der Waals surface area contributed by atoms with Gasteiger partial charge in [-0.2, -0.15) is 5.26 Å². The summed E-state index contributed by atoms with van der Waals surface area (Å²) >= 11 is 0. The number of rotatable bonds is 3. The first-order chi connectivity index (χ1) is 14.2. The quantitative estimate of drug-likeness (QED) is 0.678. The zero-order valence-electron chi connectivity index (χ0n) is 16.1. The fourth-order valence-corrected chi connectivity index (χ4v) is 4.71. The molecule has 3 aromatic rings. The molecule has 1 saturated heterocycles. The third-order valence-electron chi connectivity index (χ3n) is 6.12. The molecule has 4 heteroatoms. The Hall–Kier alpha value is -3.42. The van der Waals surface area contributed by atoms with E-state index >= 15 is 0 Å². The molecule has 3 aromatic carbocycles. The molecular weight excluding hydrogens is 358 g/mol.